The Balaban J connectivity index is 1.91. The molecular formula is C17H24N4O4. The lowest BCUT2D eigenvalue weighted by molar-refractivity contribution is -0.129. The highest BCUT2D eigenvalue weighted by Gasteiger charge is 2.37. The van der Waals surface area contributed by atoms with E-state index in [1.807, 2.05) is 0 Å². The maximum absolute atomic E-state index is 12.4. The van der Waals surface area contributed by atoms with Gasteiger partial charge in [0, 0.05) is 25.2 Å². The molecule has 1 aromatic heterocycles. The fourth-order valence-electron chi connectivity index (χ4n) is 2.46. The second kappa shape index (κ2) is 7.96. The van der Waals surface area contributed by atoms with Crippen LogP contribution in [0.2, 0.25) is 0 Å². The van der Waals surface area contributed by atoms with E-state index in [4.69, 9.17) is 0 Å². The summed E-state index contributed by atoms with van der Waals surface area (Å²) in [6.45, 7) is 4.89. The molecule has 1 aliphatic carbocycles. The number of rotatable bonds is 7. The average molecular weight is 348 g/mol. The number of hydrogen-bond acceptors (Lipinski definition) is 5. The molecule has 0 aromatic carbocycles. The largest absolute Gasteiger partial charge is 0.505 e. The Kier molecular flexibility index (Phi) is 5.95. The molecule has 136 valence electrons. The van der Waals surface area contributed by atoms with Gasteiger partial charge in [-0.05, 0) is 44.7 Å². The van der Waals surface area contributed by atoms with Gasteiger partial charge in [0.25, 0.3) is 5.91 Å². The number of carbonyl (C=O) groups excluding carboxylic acids is 3. The predicted molar refractivity (Wildman–Crippen MR) is 90.8 cm³/mol. The molecule has 0 radical (unpaired) electrons. The van der Waals surface area contributed by atoms with Gasteiger partial charge in [-0.1, -0.05) is 0 Å². The number of nitrogens with one attached hydrogen (secondary N) is 3. The third-order valence-electron chi connectivity index (χ3n) is 4.21. The molecule has 25 heavy (non-hydrogen) atoms. The quantitative estimate of drug-likeness (QED) is 0.566. The molecule has 8 heteroatoms. The van der Waals surface area contributed by atoms with Crippen LogP contribution in [-0.2, 0) is 9.59 Å². The molecule has 1 heterocycles. The number of aromatic hydroxyl groups is 1. The first-order chi connectivity index (χ1) is 11.8. The molecule has 1 fully saturated rings. The summed E-state index contributed by atoms with van der Waals surface area (Å²) in [5.41, 5.74) is -0.0676. The Morgan fingerprint density at radius 2 is 1.80 bits per heavy atom. The molecule has 1 aromatic rings. The Labute approximate surface area is 146 Å². The van der Waals surface area contributed by atoms with E-state index in [2.05, 4.69) is 20.9 Å². The minimum atomic E-state index is -0.539. The van der Waals surface area contributed by atoms with Crippen LogP contribution in [0.5, 0.6) is 5.75 Å². The zero-order chi connectivity index (χ0) is 18.6. The molecule has 8 nitrogen and oxygen atoms in total. The molecule has 4 N–H and O–H groups in total. The molecule has 1 saturated carbocycles. The summed E-state index contributed by atoms with van der Waals surface area (Å²) in [5.74, 6) is -1.05. The molecule has 0 aliphatic heterocycles. The van der Waals surface area contributed by atoms with Crippen LogP contribution >= 0.6 is 0 Å². The van der Waals surface area contributed by atoms with E-state index in [0.717, 1.165) is 12.8 Å². The SMILES string of the molecule is CC(=O)NC(C(=O)NC(C)C(C)NC(=O)c1ncccc1O)C1CC1. The number of nitrogens with zero attached hydrogens (tertiary/aromatic N) is 1. The summed E-state index contributed by atoms with van der Waals surface area (Å²) in [4.78, 5) is 39.7. The zero-order valence-electron chi connectivity index (χ0n) is 14.6. The second-order valence-electron chi connectivity index (χ2n) is 6.45. The van der Waals surface area contributed by atoms with Crippen LogP contribution in [0.1, 0.15) is 44.1 Å². The van der Waals surface area contributed by atoms with Gasteiger partial charge in [-0.2, -0.15) is 0 Å². The molecule has 0 saturated heterocycles. The third-order valence-corrected chi connectivity index (χ3v) is 4.21. The first-order valence-electron chi connectivity index (χ1n) is 8.32. The fourth-order valence-corrected chi connectivity index (χ4v) is 2.46. The molecule has 0 bridgehead atoms. The van der Waals surface area contributed by atoms with E-state index in [1.165, 1.54) is 25.3 Å². The van der Waals surface area contributed by atoms with Gasteiger partial charge in [0.2, 0.25) is 11.8 Å². The van der Waals surface area contributed by atoms with Crippen molar-refractivity contribution in [3.05, 3.63) is 24.0 Å². The molecule has 2 rings (SSSR count). The van der Waals surface area contributed by atoms with E-state index in [-0.39, 0.29) is 35.2 Å². The van der Waals surface area contributed by atoms with Crippen LogP contribution in [0.4, 0.5) is 0 Å². The van der Waals surface area contributed by atoms with E-state index >= 15 is 0 Å². The van der Waals surface area contributed by atoms with Gasteiger partial charge in [0.05, 0.1) is 0 Å². The van der Waals surface area contributed by atoms with Gasteiger partial charge in [-0.25, -0.2) is 4.98 Å². The van der Waals surface area contributed by atoms with Gasteiger partial charge in [-0.15, -0.1) is 0 Å². The lowest BCUT2D eigenvalue weighted by Crippen LogP contribution is -2.54. The number of carbonyl (C=O) groups is 3. The lowest BCUT2D eigenvalue weighted by atomic mass is 10.1. The van der Waals surface area contributed by atoms with Crippen molar-refractivity contribution < 1.29 is 19.5 Å². The smallest absolute Gasteiger partial charge is 0.274 e. The van der Waals surface area contributed by atoms with Crippen molar-refractivity contribution in [3.8, 4) is 5.75 Å². The third kappa shape index (κ3) is 5.17. The maximum Gasteiger partial charge on any atom is 0.274 e. The highest BCUT2D eigenvalue weighted by molar-refractivity contribution is 5.95. The zero-order valence-corrected chi connectivity index (χ0v) is 14.6. The van der Waals surface area contributed by atoms with Crippen molar-refractivity contribution in [3.63, 3.8) is 0 Å². The van der Waals surface area contributed by atoms with Crippen molar-refractivity contribution in [2.45, 2.75) is 51.7 Å². The second-order valence-corrected chi connectivity index (χ2v) is 6.45. The number of pyridine rings is 1. The molecule has 3 amide bonds. The Hall–Kier alpha value is -2.64. The summed E-state index contributed by atoms with van der Waals surface area (Å²) in [7, 11) is 0. The summed E-state index contributed by atoms with van der Waals surface area (Å²) in [5, 5.41) is 17.9. The number of hydrogen-bond donors (Lipinski definition) is 4. The summed E-state index contributed by atoms with van der Waals surface area (Å²) < 4.78 is 0. The Bertz CT molecular complexity index is 660. The van der Waals surface area contributed by atoms with Gasteiger partial charge in [0.15, 0.2) is 5.69 Å². The standard InChI is InChI=1S/C17H24N4O4/c1-9(19-16(24)14(12-6-7-12)21-11(3)22)10(2)20-17(25)15-13(23)5-4-8-18-15/h4-5,8-10,12,14,23H,6-7H2,1-3H3,(H,19,24)(H,20,25)(H,21,22). The lowest BCUT2D eigenvalue weighted by Gasteiger charge is -2.25. The summed E-state index contributed by atoms with van der Waals surface area (Å²) in [6, 6.07) is 1.61. The first-order valence-corrected chi connectivity index (χ1v) is 8.32. The fraction of sp³-hybridized carbons (Fsp3) is 0.529. The Morgan fingerprint density at radius 1 is 1.16 bits per heavy atom. The van der Waals surface area contributed by atoms with Gasteiger partial charge in [-0.3, -0.25) is 14.4 Å². The minimum Gasteiger partial charge on any atom is -0.505 e. The van der Waals surface area contributed by atoms with Crippen molar-refractivity contribution in [2.24, 2.45) is 5.92 Å². The number of aromatic nitrogens is 1. The predicted octanol–water partition coefficient (Wildman–Crippen LogP) is 0.325. The van der Waals surface area contributed by atoms with Crippen LogP contribution < -0.4 is 16.0 Å². The Morgan fingerprint density at radius 3 is 2.36 bits per heavy atom. The van der Waals surface area contributed by atoms with Crippen LogP contribution in [0.15, 0.2) is 18.3 Å². The topological polar surface area (TPSA) is 120 Å². The molecule has 1 aliphatic rings. The van der Waals surface area contributed by atoms with Crippen molar-refractivity contribution >= 4 is 17.7 Å². The van der Waals surface area contributed by atoms with Crippen molar-refractivity contribution in [1.82, 2.24) is 20.9 Å². The van der Waals surface area contributed by atoms with Gasteiger partial charge in [0.1, 0.15) is 11.8 Å². The van der Waals surface area contributed by atoms with Crippen LogP contribution in [-0.4, -0.2) is 45.9 Å². The molecule has 3 unspecified atom stereocenters. The van der Waals surface area contributed by atoms with E-state index in [9.17, 15) is 19.5 Å². The van der Waals surface area contributed by atoms with Gasteiger partial charge < -0.3 is 21.1 Å². The molecular weight excluding hydrogens is 324 g/mol. The van der Waals surface area contributed by atoms with Crippen molar-refractivity contribution in [2.75, 3.05) is 0 Å². The summed E-state index contributed by atoms with van der Waals surface area (Å²) in [6.07, 6.45) is 3.24. The summed E-state index contributed by atoms with van der Waals surface area (Å²) >= 11 is 0. The monoisotopic (exact) mass is 348 g/mol. The number of amides is 3. The van der Waals surface area contributed by atoms with E-state index in [1.54, 1.807) is 13.8 Å². The molecule has 0 spiro atoms. The maximum atomic E-state index is 12.4. The van der Waals surface area contributed by atoms with Crippen molar-refractivity contribution in [1.29, 1.82) is 0 Å². The minimum absolute atomic E-state index is 0.0676. The highest BCUT2D eigenvalue weighted by atomic mass is 16.3. The van der Waals surface area contributed by atoms with Crippen LogP contribution in [0.25, 0.3) is 0 Å². The average Bonchev–Trinajstić information content (AvgIpc) is 3.37. The van der Waals surface area contributed by atoms with Crippen LogP contribution in [0.3, 0.4) is 0 Å². The van der Waals surface area contributed by atoms with E-state index < -0.39 is 18.0 Å². The van der Waals surface area contributed by atoms with Gasteiger partial charge >= 0.3 is 0 Å². The van der Waals surface area contributed by atoms with Crippen LogP contribution in [0, 0.1) is 5.92 Å². The first kappa shape index (κ1) is 18.7. The highest BCUT2D eigenvalue weighted by Crippen LogP contribution is 2.32. The normalized spacial score (nSPS) is 17.1. The molecule has 3 atom stereocenters. The van der Waals surface area contributed by atoms with E-state index in [0.29, 0.717) is 0 Å².